The number of benzene rings is 2. The van der Waals surface area contributed by atoms with Crippen LogP contribution in [0.5, 0.6) is 5.75 Å². The lowest BCUT2D eigenvalue weighted by molar-refractivity contribution is -0.150. The summed E-state index contributed by atoms with van der Waals surface area (Å²) in [6, 6.07) is 12.0. The Kier molecular flexibility index (Phi) is 7.30. The standard InChI is InChI=1S/C19H19Cl2NO4/c1-12-9-16(21)7-8-17(12)25-11-19(24)26-10-18(23)22-13(2)14-3-5-15(20)6-4-14/h3-9,13H,10-11H2,1-2H3,(H,22,23)/t13-/m1/s1. The van der Waals surface area contributed by atoms with Crippen LogP contribution in [-0.4, -0.2) is 25.1 Å². The van der Waals surface area contributed by atoms with E-state index in [0.29, 0.717) is 15.8 Å². The minimum absolute atomic E-state index is 0.230. The molecule has 26 heavy (non-hydrogen) atoms. The number of esters is 1. The minimum Gasteiger partial charge on any atom is -0.482 e. The second-order valence-corrected chi connectivity index (χ2v) is 6.57. The number of carbonyl (C=O) groups excluding carboxylic acids is 2. The molecule has 0 saturated carbocycles. The number of hydrogen-bond donors (Lipinski definition) is 1. The fourth-order valence-electron chi connectivity index (χ4n) is 2.22. The van der Waals surface area contributed by atoms with Crippen molar-refractivity contribution < 1.29 is 19.1 Å². The zero-order valence-electron chi connectivity index (χ0n) is 14.4. The van der Waals surface area contributed by atoms with E-state index in [1.165, 1.54) is 0 Å². The van der Waals surface area contributed by atoms with Gasteiger partial charge in [-0.15, -0.1) is 0 Å². The van der Waals surface area contributed by atoms with Crippen LogP contribution in [0.4, 0.5) is 0 Å². The third kappa shape index (κ3) is 6.24. The topological polar surface area (TPSA) is 64.6 Å². The van der Waals surface area contributed by atoms with E-state index in [0.717, 1.165) is 11.1 Å². The first-order valence-corrected chi connectivity index (χ1v) is 8.70. The van der Waals surface area contributed by atoms with Gasteiger partial charge in [-0.05, 0) is 55.3 Å². The van der Waals surface area contributed by atoms with Crippen LogP contribution in [0.1, 0.15) is 24.1 Å². The zero-order valence-corrected chi connectivity index (χ0v) is 15.9. The molecule has 0 aliphatic carbocycles. The van der Waals surface area contributed by atoms with Crippen LogP contribution in [0.3, 0.4) is 0 Å². The van der Waals surface area contributed by atoms with Crippen molar-refractivity contribution in [3.05, 3.63) is 63.6 Å². The quantitative estimate of drug-likeness (QED) is 0.716. The molecule has 1 atom stereocenters. The molecular weight excluding hydrogens is 377 g/mol. The van der Waals surface area contributed by atoms with Crippen molar-refractivity contribution in [3.63, 3.8) is 0 Å². The smallest absolute Gasteiger partial charge is 0.344 e. The average molecular weight is 396 g/mol. The molecule has 138 valence electrons. The normalized spacial score (nSPS) is 11.5. The van der Waals surface area contributed by atoms with Gasteiger partial charge in [0.25, 0.3) is 5.91 Å². The average Bonchev–Trinajstić information content (AvgIpc) is 2.59. The summed E-state index contributed by atoms with van der Waals surface area (Å²) in [6.45, 7) is 2.98. The molecule has 5 nitrogen and oxygen atoms in total. The largest absolute Gasteiger partial charge is 0.482 e. The highest BCUT2D eigenvalue weighted by Gasteiger charge is 2.13. The number of aryl methyl sites for hydroxylation is 1. The molecule has 0 spiro atoms. The number of carbonyl (C=O) groups is 2. The van der Waals surface area contributed by atoms with Crippen molar-refractivity contribution in [1.82, 2.24) is 5.32 Å². The van der Waals surface area contributed by atoms with Crippen LogP contribution in [0.15, 0.2) is 42.5 Å². The van der Waals surface area contributed by atoms with E-state index in [2.05, 4.69) is 5.32 Å². The van der Waals surface area contributed by atoms with Gasteiger partial charge < -0.3 is 14.8 Å². The van der Waals surface area contributed by atoms with Crippen LogP contribution in [0.25, 0.3) is 0 Å². The summed E-state index contributed by atoms with van der Waals surface area (Å²) in [5, 5.41) is 3.95. The fourth-order valence-corrected chi connectivity index (χ4v) is 2.57. The Labute approximate surface area is 162 Å². The first-order chi connectivity index (χ1) is 12.3. The van der Waals surface area contributed by atoms with Gasteiger partial charge in [0.15, 0.2) is 13.2 Å². The van der Waals surface area contributed by atoms with Crippen LogP contribution in [-0.2, 0) is 14.3 Å². The van der Waals surface area contributed by atoms with E-state index in [9.17, 15) is 9.59 Å². The Morgan fingerprint density at radius 1 is 1.04 bits per heavy atom. The van der Waals surface area contributed by atoms with Crippen molar-refractivity contribution in [2.24, 2.45) is 0 Å². The van der Waals surface area contributed by atoms with Crippen molar-refractivity contribution in [2.45, 2.75) is 19.9 Å². The summed E-state index contributed by atoms with van der Waals surface area (Å²) in [4.78, 5) is 23.6. The molecule has 0 saturated heterocycles. The number of amides is 1. The van der Waals surface area contributed by atoms with Crippen molar-refractivity contribution in [3.8, 4) is 5.75 Å². The second kappa shape index (κ2) is 9.46. The lowest BCUT2D eigenvalue weighted by atomic mass is 10.1. The molecule has 0 aliphatic heterocycles. The number of rotatable bonds is 7. The van der Waals surface area contributed by atoms with E-state index in [1.807, 2.05) is 26.0 Å². The molecule has 0 aliphatic rings. The molecule has 0 radical (unpaired) electrons. The predicted octanol–water partition coefficient (Wildman–Crippen LogP) is 4.10. The van der Waals surface area contributed by atoms with E-state index in [4.69, 9.17) is 32.7 Å². The number of nitrogens with one attached hydrogen (secondary N) is 1. The van der Waals surface area contributed by atoms with Gasteiger partial charge in [-0.3, -0.25) is 4.79 Å². The Balaban J connectivity index is 1.74. The Hall–Kier alpha value is -2.24. The molecule has 0 unspecified atom stereocenters. The molecule has 0 heterocycles. The molecule has 0 bridgehead atoms. The summed E-state index contributed by atoms with van der Waals surface area (Å²) in [6.07, 6.45) is 0. The maximum Gasteiger partial charge on any atom is 0.344 e. The van der Waals surface area contributed by atoms with Crippen LogP contribution < -0.4 is 10.1 Å². The predicted molar refractivity (Wildman–Crippen MR) is 101 cm³/mol. The molecule has 2 rings (SSSR count). The summed E-state index contributed by atoms with van der Waals surface area (Å²) >= 11 is 11.7. The monoisotopic (exact) mass is 395 g/mol. The first kappa shape index (κ1) is 20.1. The lowest BCUT2D eigenvalue weighted by Crippen LogP contribution is -2.31. The first-order valence-electron chi connectivity index (χ1n) is 7.94. The SMILES string of the molecule is Cc1cc(Cl)ccc1OCC(=O)OCC(=O)N[C@H](C)c1ccc(Cl)cc1. The van der Waals surface area contributed by atoms with E-state index in [-0.39, 0.29) is 19.3 Å². The zero-order chi connectivity index (χ0) is 19.1. The molecule has 7 heteroatoms. The summed E-state index contributed by atoms with van der Waals surface area (Å²) in [5.41, 5.74) is 1.70. The Bertz CT molecular complexity index is 778. The minimum atomic E-state index is -0.631. The highest BCUT2D eigenvalue weighted by molar-refractivity contribution is 6.30. The van der Waals surface area contributed by atoms with Crippen molar-refractivity contribution >= 4 is 35.1 Å². The van der Waals surface area contributed by atoms with Crippen LogP contribution in [0, 0.1) is 6.92 Å². The maximum absolute atomic E-state index is 11.9. The molecule has 1 N–H and O–H groups in total. The molecule has 0 aromatic heterocycles. The number of ether oxygens (including phenoxy) is 2. The van der Waals surface area contributed by atoms with Gasteiger partial charge in [0, 0.05) is 10.0 Å². The van der Waals surface area contributed by atoms with Gasteiger partial charge >= 0.3 is 5.97 Å². The van der Waals surface area contributed by atoms with Gasteiger partial charge in [0.1, 0.15) is 5.75 Å². The van der Waals surface area contributed by atoms with Gasteiger partial charge in [-0.1, -0.05) is 35.3 Å². The molecule has 1 amide bonds. The third-order valence-corrected chi connectivity index (χ3v) is 4.08. The summed E-state index contributed by atoms with van der Waals surface area (Å²) < 4.78 is 10.3. The molecule has 0 fully saturated rings. The van der Waals surface area contributed by atoms with E-state index < -0.39 is 11.9 Å². The van der Waals surface area contributed by atoms with Gasteiger partial charge in [0.2, 0.25) is 0 Å². The third-order valence-electron chi connectivity index (χ3n) is 3.59. The highest BCUT2D eigenvalue weighted by Crippen LogP contribution is 2.21. The lowest BCUT2D eigenvalue weighted by Gasteiger charge is -2.14. The second-order valence-electron chi connectivity index (χ2n) is 5.70. The summed E-state index contributed by atoms with van der Waals surface area (Å²) in [5.74, 6) is -0.496. The van der Waals surface area contributed by atoms with Crippen LogP contribution in [0.2, 0.25) is 10.0 Å². The number of hydrogen-bond acceptors (Lipinski definition) is 4. The highest BCUT2D eigenvalue weighted by atomic mass is 35.5. The van der Waals surface area contributed by atoms with Gasteiger partial charge in [0.05, 0.1) is 6.04 Å². The van der Waals surface area contributed by atoms with E-state index >= 15 is 0 Å². The van der Waals surface area contributed by atoms with Gasteiger partial charge in [-0.2, -0.15) is 0 Å². The molecule has 2 aromatic rings. The van der Waals surface area contributed by atoms with Crippen LogP contribution >= 0.6 is 23.2 Å². The fraction of sp³-hybridized carbons (Fsp3) is 0.263. The van der Waals surface area contributed by atoms with Gasteiger partial charge in [-0.25, -0.2) is 4.79 Å². The Morgan fingerprint density at radius 3 is 2.35 bits per heavy atom. The van der Waals surface area contributed by atoms with Crippen molar-refractivity contribution in [2.75, 3.05) is 13.2 Å². The molecular formula is C19H19Cl2NO4. The van der Waals surface area contributed by atoms with Crippen molar-refractivity contribution in [1.29, 1.82) is 0 Å². The molecule has 2 aromatic carbocycles. The Morgan fingerprint density at radius 2 is 1.69 bits per heavy atom. The van der Waals surface area contributed by atoms with E-state index in [1.54, 1.807) is 30.3 Å². The number of halogens is 2. The summed E-state index contributed by atoms with van der Waals surface area (Å²) in [7, 11) is 0. The maximum atomic E-state index is 11.9.